The van der Waals surface area contributed by atoms with Gasteiger partial charge in [0.1, 0.15) is 11.6 Å². The van der Waals surface area contributed by atoms with Crippen molar-refractivity contribution in [2.75, 3.05) is 13.1 Å². The molecule has 1 heterocycles. The second-order valence-electron chi connectivity index (χ2n) is 5.28. The molecule has 0 saturated carbocycles. The van der Waals surface area contributed by atoms with Crippen LogP contribution in [0.3, 0.4) is 0 Å². The van der Waals surface area contributed by atoms with Gasteiger partial charge in [0.2, 0.25) is 0 Å². The van der Waals surface area contributed by atoms with Crippen molar-refractivity contribution in [2.45, 2.75) is 11.8 Å². The molecular formula is C16H14BrF2N. The number of nitrogens with one attached hydrogen (secondary N) is 1. The lowest BCUT2D eigenvalue weighted by atomic mass is 9.71. The van der Waals surface area contributed by atoms with E-state index in [9.17, 15) is 8.78 Å². The maximum atomic E-state index is 14.1. The predicted molar refractivity (Wildman–Crippen MR) is 78.8 cm³/mol. The largest absolute Gasteiger partial charge is 0.315 e. The Kier molecular flexibility index (Phi) is 3.61. The molecule has 0 atom stereocenters. The van der Waals surface area contributed by atoms with E-state index in [4.69, 9.17) is 0 Å². The van der Waals surface area contributed by atoms with Crippen LogP contribution in [0.1, 0.15) is 11.1 Å². The summed E-state index contributed by atoms with van der Waals surface area (Å²) in [6.45, 7) is 1.47. The fraction of sp³-hybridized carbons (Fsp3) is 0.250. The first-order chi connectivity index (χ1) is 9.61. The van der Waals surface area contributed by atoms with Crippen LogP contribution in [0.25, 0.3) is 0 Å². The van der Waals surface area contributed by atoms with Crippen molar-refractivity contribution in [1.29, 1.82) is 0 Å². The monoisotopic (exact) mass is 337 g/mol. The molecule has 0 amide bonds. The third-order valence-electron chi connectivity index (χ3n) is 3.92. The molecule has 4 heteroatoms. The van der Waals surface area contributed by atoms with E-state index in [1.54, 1.807) is 12.1 Å². The van der Waals surface area contributed by atoms with Crippen LogP contribution in [0.2, 0.25) is 0 Å². The Balaban J connectivity index is 1.96. The summed E-state index contributed by atoms with van der Waals surface area (Å²) in [6.07, 6.45) is 0.682. The average molecular weight is 338 g/mol. The molecule has 1 saturated heterocycles. The summed E-state index contributed by atoms with van der Waals surface area (Å²) in [6, 6.07) is 11.6. The number of rotatable bonds is 3. The van der Waals surface area contributed by atoms with Crippen LogP contribution in [-0.2, 0) is 11.8 Å². The minimum absolute atomic E-state index is 0.174. The molecule has 0 aromatic heterocycles. The van der Waals surface area contributed by atoms with Gasteiger partial charge in [0, 0.05) is 23.0 Å². The normalized spacial score (nSPS) is 16.8. The maximum absolute atomic E-state index is 14.1. The second kappa shape index (κ2) is 5.26. The molecule has 1 aliphatic heterocycles. The summed E-state index contributed by atoms with van der Waals surface area (Å²) < 4.78 is 28.0. The van der Waals surface area contributed by atoms with Crippen molar-refractivity contribution in [1.82, 2.24) is 5.32 Å². The molecule has 0 radical (unpaired) electrons. The highest BCUT2D eigenvalue weighted by atomic mass is 79.9. The van der Waals surface area contributed by atoms with Crippen molar-refractivity contribution in [3.63, 3.8) is 0 Å². The second-order valence-corrected chi connectivity index (χ2v) is 6.13. The molecule has 2 aromatic rings. The van der Waals surface area contributed by atoms with E-state index in [2.05, 4.69) is 21.2 Å². The lowest BCUT2D eigenvalue weighted by Gasteiger charge is -2.43. The molecule has 0 spiro atoms. The number of halogens is 3. The molecule has 104 valence electrons. The fourth-order valence-electron chi connectivity index (χ4n) is 2.76. The third kappa shape index (κ3) is 2.38. The first kappa shape index (κ1) is 13.7. The zero-order valence-corrected chi connectivity index (χ0v) is 12.4. The van der Waals surface area contributed by atoms with Crippen molar-refractivity contribution in [3.8, 4) is 0 Å². The number of hydrogen-bond acceptors (Lipinski definition) is 1. The summed E-state index contributed by atoms with van der Waals surface area (Å²) in [4.78, 5) is 0. The van der Waals surface area contributed by atoms with Crippen LogP contribution in [0, 0.1) is 11.6 Å². The quantitative estimate of drug-likeness (QED) is 0.897. The van der Waals surface area contributed by atoms with Crippen molar-refractivity contribution in [3.05, 3.63) is 69.7 Å². The Bertz CT molecular complexity index is 638. The van der Waals surface area contributed by atoms with Crippen molar-refractivity contribution < 1.29 is 8.78 Å². The summed E-state index contributed by atoms with van der Waals surface area (Å²) in [5.74, 6) is -0.445. The van der Waals surface area contributed by atoms with E-state index >= 15 is 0 Å². The van der Waals surface area contributed by atoms with Gasteiger partial charge in [-0.15, -0.1) is 0 Å². The molecule has 1 fully saturated rings. The first-order valence-electron chi connectivity index (χ1n) is 6.50. The summed E-state index contributed by atoms with van der Waals surface area (Å²) >= 11 is 3.39. The smallest absolute Gasteiger partial charge is 0.127 e. The lowest BCUT2D eigenvalue weighted by Crippen LogP contribution is -2.58. The van der Waals surface area contributed by atoms with E-state index in [0.717, 1.165) is 28.7 Å². The van der Waals surface area contributed by atoms with Gasteiger partial charge in [-0.3, -0.25) is 0 Å². The Morgan fingerprint density at radius 1 is 1.10 bits per heavy atom. The van der Waals surface area contributed by atoms with Crippen LogP contribution in [0.15, 0.2) is 46.9 Å². The lowest BCUT2D eigenvalue weighted by molar-refractivity contribution is 0.265. The van der Waals surface area contributed by atoms with E-state index in [1.807, 2.05) is 12.1 Å². The Labute approximate surface area is 125 Å². The van der Waals surface area contributed by atoms with Crippen LogP contribution < -0.4 is 5.32 Å². The highest BCUT2D eigenvalue weighted by Crippen LogP contribution is 2.36. The van der Waals surface area contributed by atoms with Gasteiger partial charge in [0.05, 0.1) is 0 Å². The highest BCUT2D eigenvalue weighted by Gasteiger charge is 2.40. The van der Waals surface area contributed by atoms with Crippen molar-refractivity contribution >= 4 is 15.9 Å². The fourth-order valence-corrected chi connectivity index (χ4v) is 3.25. The molecule has 3 rings (SSSR count). The van der Waals surface area contributed by atoms with Crippen LogP contribution in [-0.4, -0.2) is 13.1 Å². The number of hydrogen-bond donors (Lipinski definition) is 1. The zero-order valence-electron chi connectivity index (χ0n) is 10.8. The molecule has 0 bridgehead atoms. The summed E-state index contributed by atoms with van der Waals surface area (Å²) in [7, 11) is 0. The Hall–Kier alpha value is -1.26. The molecular weight excluding hydrogens is 324 g/mol. The van der Waals surface area contributed by atoms with Gasteiger partial charge in [-0.25, -0.2) is 8.78 Å². The summed E-state index contributed by atoms with van der Waals surface area (Å²) in [5, 5.41) is 3.22. The van der Waals surface area contributed by atoms with Gasteiger partial charge in [-0.1, -0.05) is 40.2 Å². The average Bonchev–Trinajstić information content (AvgIpc) is 2.37. The third-order valence-corrected chi connectivity index (χ3v) is 4.65. The Morgan fingerprint density at radius 3 is 2.45 bits per heavy atom. The minimum atomic E-state index is -0.271. The van der Waals surface area contributed by atoms with Gasteiger partial charge in [-0.2, -0.15) is 0 Å². The topological polar surface area (TPSA) is 12.0 Å². The van der Waals surface area contributed by atoms with Crippen molar-refractivity contribution in [2.24, 2.45) is 0 Å². The zero-order chi connectivity index (χ0) is 14.2. The Morgan fingerprint density at radius 2 is 1.85 bits per heavy atom. The molecule has 1 N–H and O–H groups in total. The van der Waals surface area contributed by atoms with Gasteiger partial charge in [-0.05, 0) is 35.7 Å². The SMILES string of the molecule is Fc1ccc(CC2(c3ccccc3F)CNC2)c(Br)c1. The number of benzene rings is 2. The summed E-state index contributed by atoms with van der Waals surface area (Å²) in [5.41, 5.74) is 1.48. The van der Waals surface area contributed by atoms with Crippen LogP contribution >= 0.6 is 15.9 Å². The maximum Gasteiger partial charge on any atom is 0.127 e. The molecule has 1 nitrogen and oxygen atoms in total. The molecule has 1 aliphatic rings. The standard InChI is InChI=1S/C16H14BrF2N/c17-14-7-12(18)6-5-11(14)8-16(9-20-10-16)13-3-1-2-4-15(13)19/h1-7,20H,8-10H2. The molecule has 0 unspecified atom stereocenters. The van der Waals surface area contributed by atoms with Gasteiger partial charge in [0.25, 0.3) is 0 Å². The highest BCUT2D eigenvalue weighted by molar-refractivity contribution is 9.10. The molecule has 2 aromatic carbocycles. The van der Waals surface area contributed by atoms with Gasteiger partial charge < -0.3 is 5.32 Å². The van der Waals surface area contributed by atoms with Gasteiger partial charge >= 0.3 is 0 Å². The van der Waals surface area contributed by atoms with Crippen LogP contribution in [0.5, 0.6) is 0 Å². The first-order valence-corrected chi connectivity index (χ1v) is 7.30. The minimum Gasteiger partial charge on any atom is -0.315 e. The molecule has 20 heavy (non-hydrogen) atoms. The van der Waals surface area contributed by atoms with E-state index < -0.39 is 0 Å². The predicted octanol–water partition coefficient (Wildman–Crippen LogP) is 3.81. The van der Waals surface area contributed by atoms with Crippen LogP contribution in [0.4, 0.5) is 8.78 Å². The van der Waals surface area contributed by atoms with E-state index in [1.165, 1.54) is 18.2 Å². The van der Waals surface area contributed by atoms with E-state index in [0.29, 0.717) is 6.42 Å². The molecule has 0 aliphatic carbocycles. The van der Waals surface area contributed by atoms with Gasteiger partial charge in [0.15, 0.2) is 0 Å². The van der Waals surface area contributed by atoms with E-state index in [-0.39, 0.29) is 17.0 Å².